The second-order valence-electron chi connectivity index (χ2n) is 6.63. The number of hydrogen-bond acceptors (Lipinski definition) is 3. The topological polar surface area (TPSA) is 55.4 Å². The lowest BCUT2D eigenvalue weighted by Gasteiger charge is -2.17. The maximum atomic E-state index is 12.7. The Morgan fingerprint density at radius 3 is 2.42 bits per heavy atom. The number of fused-ring (bicyclic) bond motifs is 1. The van der Waals surface area contributed by atoms with Gasteiger partial charge >= 0.3 is 5.97 Å². The molecule has 0 saturated heterocycles. The van der Waals surface area contributed by atoms with Gasteiger partial charge in [0, 0.05) is 5.56 Å². The summed E-state index contributed by atoms with van der Waals surface area (Å²) in [5.41, 5.74) is 0.583. The van der Waals surface area contributed by atoms with Crippen LogP contribution in [0.15, 0.2) is 42.5 Å². The van der Waals surface area contributed by atoms with E-state index in [0.29, 0.717) is 12.0 Å². The van der Waals surface area contributed by atoms with E-state index in [2.05, 4.69) is 12.2 Å². The number of carbonyl (C=O) groups is 2. The van der Waals surface area contributed by atoms with Crippen molar-refractivity contribution in [3.8, 4) is 0 Å². The fraction of sp³-hybridized carbons (Fsp3) is 0.455. The van der Waals surface area contributed by atoms with Crippen molar-refractivity contribution in [1.82, 2.24) is 5.32 Å². The van der Waals surface area contributed by atoms with Gasteiger partial charge in [-0.3, -0.25) is 4.79 Å². The lowest BCUT2D eigenvalue weighted by Crippen LogP contribution is -2.41. The van der Waals surface area contributed by atoms with E-state index in [0.717, 1.165) is 23.6 Å². The van der Waals surface area contributed by atoms with Gasteiger partial charge in [-0.2, -0.15) is 0 Å². The molecule has 140 valence electrons. The van der Waals surface area contributed by atoms with E-state index in [1.54, 1.807) is 6.07 Å². The minimum absolute atomic E-state index is 0.233. The summed E-state index contributed by atoms with van der Waals surface area (Å²) in [5, 5.41) is 4.75. The molecule has 0 heterocycles. The molecule has 1 atom stereocenters. The van der Waals surface area contributed by atoms with Crippen LogP contribution in [0.3, 0.4) is 0 Å². The van der Waals surface area contributed by atoms with Gasteiger partial charge in [0.1, 0.15) is 6.04 Å². The molecule has 0 aromatic heterocycles. The summed E-state index contributed by atoms with van der Waals surface area (Å²) < 4.78 is 4.88. The quantitative estimate of drug-likeness (QED) is 0.489. The van der Waals surface area contributed by atoms with Gasteiger partial charge in [-0.25, -0.2) is 4.79 Å². The first-order valence-corrected chi connectivity index (χ1v) is 9.53. The Bertz CT molecular complexity index is 721. The van der Waals surface area contributed by atoms with Crippen LogP contribution in [-0.2, 0) is 9.53 Å². The molecular weight excluding hydrogens is 326 g/mol. The molecule has 1 amide bonds. The lowest BCUT2D eigenvalue weighted by atomic mass is 10.0. The number of nitrogens with one attached hydrogen (secondary N) is 1. The first kappa shape index (κ1) is 20.0. The van der Waals surface area contributed by atoms with Gasteiger partial charge in [-0.05, 0) is 23.3 Å². The minimum Gasteiger partial charge on any atom is -0.467 e. The van der Waals surface area contributed by atoms with Crippen molar-refractivity contribution in [2.45, 2.75) is 57.9 Å². The number of esters is 1. The zero-order chi connectivity index (χ0) is 18.8. The Kier molecular flexibility index (Phi) is 8.13. The summed E-state index contributed by atoms with van der Waals surface area (Å²) in [6.45, 7) is 2.19. The molecule has 0 aliphatic heterocycles. The molecule has 1 N–H and O–H groups in total. The van der Waals surface area contributed by atoms with Crippen LogP contribution in [0.4, 0.5) is 0 Å². The van der Waals surface area contributed by atoms with Gasteiger partial charge < -0.3 is 10.1 Å². The van der Waals surface area contributed by atoms with Crippen LogP contribution < -0.4 is 5.32 Å². The molecule has 0 aliphatic rings. The van der Waals surface area contributed by atoms with Gasteiger partial charge in [0.05, 0.1) is 7.11 Å². The van der Waals surface area contributed by atoms with E-state index < -0.39 is 6.04 Å². The van der Waals surface area contributed by atoms with Gasteiger partial charge in [-0.1, -0.05) is 81.8 Å². The Labute approximate surface area is 155 Å². The second-order valence-corrected chi connectivity index (χ2v) is 6.63. The molecule has 4 nitrogen and oxygen atoms in total. The number of unbranched alkanes of at least 4 members (excludes halogenated alkanes) is 5. The van der Waals surface area contributed by atoms with E-state index in [1.807, 2.05) is 36.4 Å². The van der Waals surface area contributed by atoms with Gasteiger partial charge in [0.25, 0.3) is 5.91 Å². The highest BCUT2D eigenvalue weighted by Gasteiger charge is 2.22. The molecule has 2 aromatic rings. The molecule has 0 saturated carbocycles. The van der Waals surface area contributed by atoms with E-state index >= 15 is 0 Å². The van der Waals surface area contributed by atoms with Gasteiger partial charge in [-0.15, -0.1) is 0 Å². The van der Waals surface area contributed by atoms with E-state index in [1.165, 1.54) is 32.8 Å². The number of methoxy groups -OCH3 is 1. The second kappa shape index (κ2) is 10.6. The van der Waals surface area contributed by atoms with Crippen molar-refractivity contribution in [1.29, 1.82) is 0 Å². The minimum atomic E-state index is -0.599. The summed E-state index contributed by atoms with van der Waals surface area (Å²) >= 11 is 0. The number of amides is 1. The maximum absolute atomic E-state index is 12.7. The molecule has 0 aliphatic carbocycles. The highest BCUT2D eigenvalue weighted by Crippen LogP contribution is 2.19. The average molecular weight is 355 g/mol. The molecule has 2 rings (SSSR count). The Morgan fingerprint density at radius 1 is 0.962 bits per heavy atom. The number of carbonyl (C=O) groups excluding carboxylic acids is 2. The highest BCUT2D eigenvalue weighted by atomic mass is 16.5. The third-order valence-corrected chi connectivity index (χ3v) is 4.67. The Morgan fingerprint density at radius 2 is 1.65 bits per heavy atom. The van der Waals surface area contributed by atoms with Crippen LogP contribution in [0.25, 0.3) is 10.8 Å². The molecule has 2 aromatic carbocycles. The molecule has 0 spiro atoms. The van der Waals surface area contributed by atoms with E-state index in [-0.39, 0.29) is 11.9 Å². The number of hydrogen-bond donors (Lipinski definition) is 1. The molecular formula is C22H29NO3. The molecule has 0 bridgehead atoms. The molecule has 26 heavy (non-hydrogen) atoms. The predicted molar refractivity (Wildman–Crippen MR) is 105 cm³/mol. The summed E-state index contributed by atoms with van der Waals surface area (Å²) in [4.78, 5) is 24.8. The summed E-state index contributed by atoms with van der Waals surface area (Å²) in [7, 11) is 1.36. The van der Waals surface area contributed by atoms with Crippen LogP contribution in [0.2, 0.25) is 0 Å². The lowest BCUT2D eigenvalue weighted by molar-refractivity contribution is -0.143. The SMILES string of the molecule is CCCCCCCC[C@H](NC(=O)c1cccc2ccccc12)C(=O)OC. The third kappa shape index (κ3) is 5.58. The first-order chi connectivity index (χ1) is 12.7. The standard InChI is InChI=1S/C22H29NO3/c1-3-4-5-6-7-8-16-20(22(25)26-2)23-21(24)19-15-11-13-17-12-9-10-14-18(17)19/h9-15,20H,3-8,16H2,1-2H3,(H,23,24)/t20-/m0/s1. The highest BCUT2D eigenvalue weighted by molar-refractivity contribution is 6.07. The Balaban J connectivity index is 2.00. The zero-order valence-electron chi connectivity index (χ0n) is 15.8. The predicted octanol–water partition coefficient (Wildman–Crippen LogP) is 4.86. The van der Waals surface area contributed by atoms with E-state index in [9.17, 15) is 9.59 Å². The van der Waals surface area contributed by atoms with Gasteiger partial charge in [0.15, 0.2) is 0 Å². The number of benzene rings is 2. The summed E-state index contributed by atoms with van der Waals surface area (Å²) in [5.74, 6) is -0.615. The van der Waals surface area contributed by atoms with Crippen molar-refractivity contribution in [2.75, 3.05) is 7.11 Å². The smallest absolute Gasteiger partial charge is 0.328 e. The first-order valence-electron chi connectivity index (χ1n) is 9.53. The maximum Gasteiger partial charge on any atom is 0.328 e. The number of ether oxygens (including phenoxy) is 1. The van der Waals surface area contributed by atoms with Gasteiger partial charge in [0.2, 0.25) is 0 Å². The van der Waals surface area contributed by atoms with Crippen molar-refractivity contribution in [3.05, 3.63) is 48.0 Å². The molecule has 0 unspecified atom stereocenters. The van der Waals surface area contributed by atoms with Crippen LogP contribution in [-0.4, -0.2) is 25.0 Å². The van der Waals surface area contributed by atoms with Crippen molar-refractivity contribution < 1.29 is 14.3 Å². The monoisotopic (exact) mass is 355 g/mol. The van der Waals surface area contributed by atoms with Crippen LogP contribution in [0, 0.1) is 0 Å². The molecule has 4 heteroatoms. The van der Waals surface area contributed by atoms with Crippen LogP contribution in [0.1, 0.15) is 62.2 Å². The summed E-state index contributed by atoms with van der Waals surface area (Å²) in [6.07, 6.45) is 7.43. The fourth-order valence-corrected chi connectivity index (χ4v) is 3.18. The molecule has 0 fully saturated rings. The summed E-state index contributed by atoms with van der Waals surface area (Å²) in [6, 6.07) is 12.8. The largest absolute Gasteiger partial charge is 0.467 e. The van der Waals surface area contributed by atoms with Crippen molar-refractivity contribution in [2.24, 2.45) is 0 Å². The fourth-order valence-electron chi connectivity index (χ4n) is 3.18. The van der Waals surface area contributed by atoms with Crippen molar-refractivity contribution >= 4 is 22.6 Å². The average Bonchev–Trinajstić information content (AvgIpc) is 2.68. The number of rotatable bonds is 10. The zero-order valence-corrected chi connectivity index (χ0v) is 15.8. The normalized spacial score (nSPS) is 11.9. The third-order valence-electron chi connectivity index (χ3n) is 4.67. The van der Waals surface area contributed by atoms with Crippen LogP contribution in [0.5, 0.6) is 0 Å². The van der Waals surface area contributed by atoms with E-state index in [4.69, 9.17) is 4.74 Å². The van der Waals surface area contributed by atoms with Crippen molar-refractivity contribution in [3.63, 3.8) is 0 Å². The molecule has 0 radical (unpaired) electrons. The Hall–Kier alpha value is -2.36. The van der Waals surface area contributed by atoms with Crippen LogP contribution >= 0.6 is 0 Å².